The highest BCUT2D eigenvalue weighted by atomic mass is 32.1. The van der Waals surface area contributed by atoms with Crippen molar-refractivity contribution >= 4 is 28.5 Å². The molecule has 7 nitrogen and oxygen atoms in total. The Morgan fingerprint density at radius 2 is 1.79 bits per heavy atom. The lowest BCUT2D eigenvalue weighted by Crippen LogP contribution is -2.29. The summed E-state index contributed by atoms with van der Waals surface area (Å²) in [6, 6.07) is 14.3. The molecule has 0 bridgehead atoms. The summed E-state index contributed by atoms with van der Waals surface area (Å²) in [6.45, 7) is 0. The topological polar surface area (TPSA) is 90.7 Å². The molecule has 0 saturated carbocycles. The Bertz CT molecular complexity index is 1260. The molecule has 0 spiro atoms. The number of carbonyl (C=O) groups is 1. The van der Waals surface area contributed by atoms with Crippen LogP contribution in [0.15, 0.2) is 65.2 Å². The molecule has 2 aromatic carbocycles. The van der Waals surface area contributed by atoms with Gasteiger partial charge in [-0.3, -0.25) is 14.9 Å². The maximum atomic E-state index is 13.5. The summed E-state index contributed by atoms with van der Waals surface area (Å²) in [5.74, 6) is 1.02. The molecule has 1 aliphatic carbocycles. The lowest BCUT2D eigenvalue weighted by Gasteiger charge is -2.36. The van der Waals surface area contributed by atoms with Gasteiger partial charge in [-0.1, -0.05) is 18.2 Å². The SMILES string of the molecule is COc1cc2c(cc1OC)[C@@H](c1ccc([N+](=O)[O-])cc1)C1=C(C[C@H](c3cccs3)CC1=O)N2. The van der Waals surface area contributed by atoms with Crippen molar-refractivity contribution < 1.29 is 19.2 Å². The molecule has 0 amide bonds. The summed E-state index contributed by atoms with van der Waals surface area (Å²) in [6.07, 6.45) is 1.16. The standard InChI is InChI=1S/C25H22N2O5S/c1-31-21-12-17-18(13-22(21)32-2)26-19-10-15(23-4-3-9-33-23)11-20(28)25(19)24(17)14-5-7-16(8-6-14)27(29)30/h3-9,12-13,15,24,26H,10-11H2,1-2H3/t15-,24+/m0/s1. The van der Waals surface area contributed by atoms with Crippen molar-refractivity contribution in [3.05, 3.63) is 91.3 Å². The second-order valence-electron chi connectivity index (χ2n) is 8.14. The molecular weight excluding hydrogens is 440 g/mol. The van der Waals surface area contributed by atoms with Crippen LogP contribution in [0.4, 0.5) is 11.4 Å². The van der Waals surface area contributed by atoms with Gasteiger partial charge in [-0.05, 0) is 35.1 Å². The zero-order chi connectivity index (χ0) is 23.1. The highest BCUT2D eigenvalue weighted by molar-refractivity contribution is 7.10. The van der Waals surface area contributed by atoms with E-state index in [4.69, 9.17) is 9.47 Å². The number of ketones is 1. The number of nitrogens with zero attached hydrogens (tertiary/aromatic N) is 1. The number of non-ortho nitro benzene ring substituents is 1. The van der Waals surface area contributed by atoms with Crippen molar-refractivity contribution in [2.45, 2.75) is 24.7 Å². The zero-order valence-corrected chi connectivity index (χ0v) is 19.0. The van der Waals surface area contributed by atoms with Crippen LogP contribution in [0.3, 0.4) is 0 Å². The van der Waals surface area contributed by atoms with E-state index in [1.165, 1.54) is 17.0 Å². The normalized spacial score (nSPS) is 19.4. The number of fused-ring (bicyclic) bond motifs is 1. The van der Waals surface area contributed by atoms with Gasteiger partial charge in [0.2, 0.25) is 0 Å². The molecule has 0 radical (unpaired) electrons. The van der Waals surface area contributed by atoms with Gasteiger partial charge >= 0.3 is 0 Å². The van der Waals surface area contributed by atoms with E-state index in [1.54, 1.807) is 37.7 Å². The van der Waals surface area contributed by atoms with Gasteiger partial charge < -0.3 is 14.8 Å². The van der Waals surface area contributed by atoms with Gasteiger partial charge in [0.05, 0.1) is 19.1 Å². The number of carbonyl (C=O) groups excluding carboxylic acids is 1. The van der Waals surface area contributed by atoms with E-state index in [0.29, 0.717) is 17.9 Å². The molecule has 2 aliphatic rings. The molecule has 168 valence electrons. The fraction of sp³-hybridized carbons (Fsp3) is 0.240. The molecule has 5 rings (SSSR count). The molecule has 33 heavy (non-hydrogen) atoms. The number of hydrogen-bond donors (Lipinski definition) is 1. The van der Waals surface area contributed by atoms with E-state index in [-0.39, 0.29) is 23.3 Å². The van der Waals surface area contributed by atoms with Gasteiger partial charge in [0, 0.05) is 58.3 Å². The van der Waals surface area contributed by atoms with Crippen LogP contribution in [-0.4, -0.2) is 24.9 Å². The molecule has 1 N–H and O–H groups in total. The molecule has 0 unspecified atom stereocenters. The highest BCUT2D eigenvalue weighted by Crippen LogP contribution is 2.50. The van der Waals surface area contributed by atoms with Crippen LogP contribution in [0.2, 0.25) is 0 Å². The Hall–Kier alpha value is -3.65. The second-order valence-corrected chi connectivity index (χ2v) is 9.12. The molecule has 1 aliphatic heterocycles. The van der Waals surface area contributed by atoms with Gasteiger partial charge in [0.15, 0.2) is 17.3 Å². The summed E-state index contributed by atoms with van der Waals surface area (Å²) in [4.78, 5) is 25.5. The number of ether oxygens (including phenoxy) is 2. The van der Waals surface area contributed by atoms with E-state index >= 15 is 0 Å². The first-order valence-corrected chi connectivity index (χ1v) is 11.4. The minimum Gasteiger partial charge on any atom is -0.493 e. The van der Waals surface area contributed by atoms with Crippen molar-refractivity contribution in [2.24, 2.45) is 0 Å². The van der Waals surface area contributed by atoms with Crippen LogP contribution < -0.4 is 14.8 Å². The number of anilines is 1. The molecule has 1 aromatic heterocycles. The van der Waals surface area contributed by atoms with E-state index in [0.717, 1.165) is 34.5 Å². The maximum absolute atomic E-state index is 13.5. The quantitative estimate of drug-likeness (QED) is 0.390. The third-order valence-electron chi connectivity index (χ3n) is 6.33. The number of Topliss-reactive ketones (excluding diaryl/α,β-unsaturated/α-hetero) is 1. The Balaban J connectivity index is 1.66. The van der Waals surface area contributed by atoms with E-state index in [1.807, 2.05) is 23.6 Å². The Morgan fingerprint density at radius 1 is 1.06 bits per heavy atom. The van der Waals surface area contributed by atoms with Crippen molar-refractivity contribution in [3.8, 4) is 11.5 Å². The summed E-state index contributed by atoms with van der Waals surface area (Å²) < 4.78 is 11.0. The first-order chi connectivity index (χ1) is 16.0. The van der Waals surface area contributed by atoms with Crippen LogP contribution in [0.5, 0.6) is 11.5 Å². The van der Waals surface area contributed by atoms with Crippen LogP contribution in [-0.2, 0) is 4.79 Å². The minimum absolute atomic E-state index is 0.0159. The number of nitro benzene ring substituents is 1. The lowest BCUT2D eigenvalue weighted by atomic mass is 9.73. The number of benzene rings is 2. The first-order valence-electron chi connectivity index (χ1n) is 10.6. The Labute approximate surface area is 194 Å². The van der Waals surface area contributed by atoms with Gasteiger partial charge in [-0.15, -0.1) is 11.3 Å². The summed E-state index contributed by atoms with van der Waals surface area (Å²) >= 11 is 1.67. The number of nitrogens with one attached hydrogen (secondary N) is 1. The fourth-order valence-electron chi connectivity index (χ4n) is 4.80. The van der Waals surface area contributed by atoms with Crippen LogP contribution in [0, 0.1) is 10.1 Å². The molecule has 3 aromatic rings. The summed E-state index contributed by atoms with van der Waals surface area (Å²) in [5, 5.41) is 16.7. The van der Waals surface area contributed by atoms with E-state index in [9.17, 15) is 14.9 Å². The molecule has 2 atom stereocenters. The smallest absolute Gasteiger partial charge is 0.269 e. The predicted molar refractivity (Wildman–Crippen MR) is 126 cm³/mol. The van der Waals surface area contributed by atoms with Crippen molar-refractivity contribution in [2.75, 3.05) is 19.5 Å². The zero-order valence-electron chi connectivity index (χ0n) is 18.2. The molecule has 8 heteroatoms. The average Bonchev–Trinajstić information content (AvgIpc) is 3.37. The third kappa shape index (κ3) is 3.66. The van der Waals surface area contributed by atoms with Crippen molar-refractivity contribution in [1.82, 2.24) is 0 Å². The van der Waals surface area contributed by atoms with Crippen LogP contribution in [0.25, 0.3) is 0 Å². The highest BCUT2D eigenvalue weighted by Gasteiger charge is 2.39. The first kappa shape index (κ1) is 21.2. The van der Waals surface area contributed by atoms with E-state index in [2.05, 4.69) is 11.4 Å². The lowest BCUT2D eigenvalue weighted by molar-refractivity contribution is -0.384. The maximum Gasteiger partial charge on any atom is 0.269 e. The van der Waals surface area contributed by atoms with Gasteiger partial charge in [-0.2, -0.15) is 0 Å². The minimum atomic E-state index is -0.421. The summed E-state index contributed by atoms with van der Waals surface area (Å²) in [7, 11) is 3.16. The van der Waals surface area contributed by atoms with Gasteiger partial charge in [-0.25, -0.2) is 0 Å². The Morgan fingerprint density at radius 3 is 2.42 bits per heavy atom. The summed E-state index contributed by atoms with van der Waals surface area (Å²) in [5.41, 5.74) is 4.18. The van der Waals surface area contributed by atoms with Crippen LogP contribution >= 0.6 is 11.3 Å². The molecular formula is C25H22N2O5S. The average molecular weight is 463 g/mol. The number of nitro groups is 1. The molecule has 2 heterocycles. The number of thiophene rings is 1. The largest absolute Gasteiger partial charge is 0.493 e. The number of hydrogen-bond acceptors (Lipinski definition) is 7. The van der Waals surface area contributed by atoms with Gasteiger partial charge in [0.1, 0.15) is 0 Å². The third-order valence-corrected chi connectivity index (χ3v) is 7.37. The number of allylic oxidation sites excluding steroid dienone is 2. The Kier molecular flexibility index (Phi) is 5.38. The van der Waals surface area contributed by atoms with Crippen molar-refractivity contribution in [1.29, 1.82) is 0 Å². The monoisotopic (exact) mass is 462 g/mol. The predicted octanol–water partition coefficient (Wildman–Crippen LogP) is 5.63. The van der Waals surface area contributed by atoms with Crippen LogP contribution in [0.1, 0.15) is 40.7 Å². The number of rotatable bonds is 5. The van der Waals surface area contributed by atoms with Crippen molar-refractivity contribution in [3.63, 3.8) is 0 Å². The van der Waals surface area contributed by atoms with Gasteiger partial charge in [0.25, 0.3) is 5.69 Å². The van der Waals surface area contributed by atoms with E-state index < -0.39 is 4.92 Å². The number of methoxy groups -OCH3 is 2. The second kappa shape index (κ2) is 8.37. The molecule has 0 saturated heterocycles. The fourth-order valence-corrected chi connectivity index (χ4v) is 5.63. The molecule has 0 fully saturated rings.